The van der Waals surface area contributed by atoms with Crippen molar-refractivity contribution in [3.8, 4) is 5.75 Å². The zero-order chi connectivity index (χ0) is 14.8. The second kappa shape index (κ2) is 6.28. The number of hydrogen-bond acceptors (Lipinski definition) is 3. The van der Waals surface area contributed by atoms with Gasteiger partial charge in [0.2, 0.25) is 0 Å². The van der Waals surface area contributed by atoms with Gasteiger partial charge in [-0.25, -0.2) is 0 Å². The van der Waals surface area contributed by atoms with Gasteiger partial charge in [-0.2, -0.15) is 8.78 Å². The van der Waals surface area contributed by atoms with Gasteiger partial charge in [-0.3, -0.25) is 4.90 Å². The fraction of sp³-hybridized carbons (Fsp3) is 0.625. The van der Waals surface area contributed by atoms with Crippen LogP contribution < -0.4 is 10.1 Å². The van der Waals surface area contributed by atoms with Crippen molar-refractivity contribution < 1.29 is 13.5 Å². The van der Waals surface area contributed by atoms with Crippen LogP contribution in [0.25, 0.3) is 0 Å². The highest BCUT2D eigenvalue weighted by atomic mass is 19.3. The van der Waals surface area contributed by atoms with Crippen LogP contribution in [0.15, 0.2) is 24.3 Å². The lowest BCUT2D eigenvalue weighted by Crippen LogP contribution is -2.40. The number of alkyl halides is 2. The van der Waals surface area contributed by atoms with Crippen molar-refractivity contribution >= 4 is 0 Å². The molecule has 3 rings (SSSR count). The number of fused-ring (bicyclic) bond motifs is 1. The Morgan fingerprint density at radius 1 is 1.29 bits per heavy atom. The van der Waals surface area contributed by atoms with E-state index in [0.29, 0.717) is 17.7 Å². The van der Waals surface area contributed by atoms with E-state index in [-0.39, 0.29) is 6.04 Å². The van der Waals surface area contributed by atoms with Crippen LogP contribution in [0.4, 0.5) is 8.78 Å². The average Bonchev–Trinajstić information content (AvgIpc) is 2.90. The van der Waals surface area contributed by atoms with Gasteiger partial charge >= 0.3 is 6.61 Å². The predicted molar refractivity (Wildman–Crippen MR) is 77.6 cm³/mol. The molecule has 1 unspecified atom stereocenters. The van der Waals surface area contributed by atoms with Crippen molar-refractivity contribution in [2.24, 2.45) is 5.92 Å². The molecule has 0 amide bonds. The monoisotopic (exact) mass is 296 g/mol. The topological polar surface area (TPSA) is 24.5 Å². The maximum atomic E-state index is 12.5. The number of halogens is 2. The summed E-state index contributed by atoms with van der Waals surface area (Å²) in [5.74, 6) is 0.979. The number of nitrogens with one attached hydrogen (secondary N) is 1. The van der Waals surface area contributed by atoms with Gasteiger partial charge in [0.15, 0.2) is 0 Å². The maximum Gasteiger partial charge on any atom is 0.387 e. The number of piperidine rings is 1. The molecular formula is C16H22F2N2O. The Morgan fingerprint density at radius 3 is 2.86 bits per heavy atom. The van der Waals surface area contributed by atoms with E-state index in [2.05, 4.69) is 21.9 Å². The first-order chi connectivity index (χ1) is 10.1. The molecule has 2 fully saturated rings. The molecule has 3 atom stereocenters. The molecule has 1 N–H and O–H groups in total. The molecule has 0 bridgehead atoms. The van der Waals surface area contributed by atoms with Crippen LogP contribution in [0.3, 0.4) is 0 Å². The SMILES string of the molecule is CC(c1ccccc1OC(F)F)N1C[C@@H]2CCCN[C@@H]2C1. The van der Waals surface area contributed by atoms with Crippen LogP contribution in [0.2, 0.25) is 0 Å². The van der Waals surface area contributed by atoms with Gasteiger partial charge in [0.25, 0.3) is 0 Å². The number of nitrogens with zero attached hydrogens (tertiary/aromatic N) is 1. The highest BCUT2D eigenvalue weighted by Crippen LogP contribution is 2.35. The number of para-hydroxylation sites is 1. The first kappa shape index (κ1) is 14.7. The maximum absolute atomic E-state index is 12.5. The molecule has 21 heavy (non-hydrogen) atoms. The third-order valence-corrected chi connectivity index (χ3v) is 4.76. The zero-order valence-corrected chi connectivity index (χ0v) is 12.3. The van der Waals surface area contributed by atoms with Crippen LogP contribution >= 0.6 is 0 Å². The molecule has 0 aliphatic carbocycles. The number of rotatable bonds is 4. The Labute approximate surface area is 124 Å². The number of benzene rings is 1. The molecule has 116 valence electrons. The smallest absolute Gasteiger partial charge is 0.387 e. The fourth-order valence-corrected chi connectivity index (χ4v) is 3.62. The summed E-state index contributed by atoms with van der Waals surface area (Å²) in [5, 5.41) is 3.57. The molecule has 5 heteroatoms. The minimum atomic E-state index is -2.78. The van der Waals surface area contributed by atoms with Crippen molar-refractivity contribution in [3.63, 3.8) is 0 Å². The van der Waals surface area contributed by atoms with Gasteiger partial charge in [0, 0.05) is 30.7 Å². The molecule has 2 aliphatic rings. The van der Waals surface area contributed by atoms with Crippen LogP contribution in [-0.2, 0) is 0 Å². The van der Waals surface area contributed by atoms with Gasteiger partial charge < -0.3 is 10.1 Å². The first-order valence-electron chi connectivity index (χ1n) is 7.66. The summed E-state index contributed by atoms with van der Waals surface area (Å²) >= 11 is 0. The molecule has 2 aliphatic heterocycles. The van der Waals surface area contributed by atoms with E-state index >= 15 is 0 Å². The van der Waals surface area contributed by atoms with Crippen molar-refractivity contribution in [3.05, 3.63) is 29.8 Å². The van der Waals surface area contributed by atoms with Crippen molar-refractivity contribution in [1.82, 2.24) is 10.2 Å². The summed E-state index contributed by atoms with van der Waals surface area (Å²) in [6.07, 6.45) is 2.49. The summed E-state index contributed by atoms with van der Waals surface area (Å²) in [5.41, 5.74) is 0.844. The van der Waals surface area contributed by atoms with Crippen LogP contribution in [0.5, 0.6) is 5.75 Å². The normalized spacial score (nSPS) is 27.6. The summed E-state index contributed by atoms with van der Waals surface area (Å²) in [4.78, 5) is 2.38. The summed E-state index contributed by atoms with van der Waals surface area (Å²) in [6.45, 7) is 2.40. The van der Waals surface area contributed by atoms with E-state index in [1.807, 2.05) is 12.1 Å². The predicted octanol–water partition coefficient (Wildman–Crippen LogP) is 3.03. The Morgan fingerprint density at radius 2 is 2.10 bits per heavy atom. The van der Waals surface area contributed by atoms with Gasteiger partial charge in [0.05, 0.1) is 0 Å². The Bertz CT molecular complexity index is 469. The van der Waals surface area contributed by atoms with Gasteiger partial charge in [-0.15, -0.1) is 0 Å². The average molecular weight is 296 g/mol. The molecule has 0 saturated carbocycles. The number of likely N-dealkylation sites (tertiary alicyclic amines) is 1. The van der Waals surface area contributed by atoms with Gasteiger partial charge in [0.1, 0.15) is 5.75 Å². The minimum absolute atomic E-state index is 0.0901. The minimum Gasteiger partial charge on any atom is -0.434 e. The molecule has 0 radical (unpaired) electrons. The highest BCUT2D eigenvalue weighted by molar-refractivity contribution is 5.36. The third kappa shape index (κ3) is 3.19. The van der Waals surface area contributed by atoms with E-state index < -0.39 is 6.61 Å². The van der Waals surface area contributed by atoms with E-state index in [1.54, 1.807) is 12.1 Å². The van der Waals surface area contributed by atoms with E-state index in [4.69, 9.17) is 0 Å². The van der Waals surface area contributed by atoms with Gasteiger partial charge in [-0.1, -0.05) is 18.2 Å². The molecule has 3 nitrogen and oxygen atoms in total. The zero-order valence-electron chi connectivity index (χ0n) is 12.3. The summed E-state index contributed by atoms with van der Waals surface area (Å²) in [7, 11) is 0. The quantitative estimate of drug-likeness (QED) is 0.924. The molecule has 0 spiro atoms. The van der Waals surface area contributed by atoms with Crippen LogP contribution in [-0.4, -0.2) is 37.2 Å². The lowest BCUT2D eigenvalue weighted by atomic mass is 9.94. The second-order valence-corrected chi connectivity index (χ2v) is 6.01. The van der Waals surface area contributed by atoms with Crippen LogP contribution in [0, 0.1) is 5.92 Å². The number of ether oxygens (including phenoxy) is 1. The second-order valence-electron chi connectivity index (χ2n) is 6.01. The third-order valence-electron chi connectivity index (χ3n) is 4.76. The molecular weight excluding hydrogens is 274 g/mol. The molecule has 2 heterocycles. The standard InChI is InChI=1S/C16H22F2N2O/c1-11(13-6-2-3-7-15(13)21-16(17)18)20-9-12-5-4-8-19-14(12)10-20/h2-3,6-7,11-12,14,16,19H,4-5,8-10H2,1H3/t11?,12-,14+/m0/s1. The van der Waals surface area contributed by atoms with Crippen molar-refractivity contribution in [1.29, 1.82) is 0 Å². The van der Waals surface area contributed by atoms with Gasteiger partial charge in [-0.05, 0) is 38.3 Å². The molecule has 1 aromatic rings. The fourth-order valence-electron chi connectivity index (χ4n) is 3.62. The Kier molecular flexibility index (Phi) is 4.40. The lowest BCUT2D eigenvalue weighted by molar-refractivity contribution is -0.0510. The number of hydrogen-bond donors (Lipinski definition) is 1. The lowest BCUT2D eigenvalue weighted by Gasteiger charge is -2.26. The first-order valence-corrected chi connectivity index (χ1v) is 7.66. The highest BCUT2D eigenvalue weighted by Gasteiger charge is 2.36. The summed E-state index contributed by atoms with van der Waals surface area (Å²) < 4.78 is 29.7. The van der Waals surface area contributed by atoms with Crippen molar-refractivity contribution in [2.45, 2.75) is 38.5 Å². The molecule has 1 aromatic carbocycles. The van der Waals surface area contributed by atoms with Crippen LogP contribution in [0.1, 0.15) is 31.4 Å². The van der Waals surface area contributed by atoms with Crippen molar-refractivity contribution in [2.75, 3.05) is 19.6 Å². The summed E-state index contributed by atoms with van der Waals surface area (Å²) in [6, 6.07) is 7.76. The largest absolute Gasteiger partial charge is 0.434 e. The van der Waals surface area contributed by atoms with E-state index in [0.717, 1.165) is 25.2 Å². The molecule has 0 aromatic heterocycles. The molecule has 2 saturated heterocycles. The van der Waals surface area contributed by atoms with E-state index in [9.17, 15) is 8.78 Å². The van der Waals surface area contributed by atoms with E-state index in [1.165, 1.54) is 12.8 Å². The Hall–Kier alpha value is -1.20. The Balaban J connectivity index is 1.74.